The molecule has 0 saturated heterocycles. The predicted molar refractivity (Wildman–Crippen MR) is 83.4 cm³/mol. The lowest BCUT2D eigenvalue weighted by molar-refractivity contribution is 0.0963. The molecule has 0 spiro atoms. The Balaban J connectivity index is 2.37. The Kier molecular flexibility index (Phi) is 3.94. The number of hydrogen-bond donors (Lipinski definition) is 3. The lowest BCUT2D eigenvalue weighted by Gasteiger charge is -2.13. The van der Waals surface area contributed by atoms with Gasteiger partial charge >= 0.3 is 0 Å². The van der Waals surface area contributed by atoms with Crippen molar-refractivity contribution in [3.05, 3.63) is 53.1 Å². The van der Waals surface area contributed by atoms with Crippen LogP contribution in [0.15, 0.2) is 36.4 Å². The van der Waals surface area contributed by atoms with Gasteiger partial charge in [0.05, 0.1) is 11.4 Å². The van der Waals surface area contributed by atoms with Crippen molar-refractivity contribution in [2.45, 2.75) is 13.8 Å². The molecular formula is C16H19N3O. The molecule has 0 aliphatic rings. The maximum atomic E-state index is 11.7. The third-order valence-electron chi connectivity index (χ3n) is 3.20. The maximum absolute atomic E-state index is 11.7. The van der Waals surface area contributed by atoms with E-state index in [4.69, 9.17) is 5.73 Å². The Bertz CT molecular complexity index is 650. The van der Waals surface area contributed by atoms with Crippen LogP contribution in [0.25, 0.3) is 0 Å². The van der Waals surface area contributed by atoms with Crippen LogP contribution in [0.3, 0.4) is 0 Å². The summed E-state index contributed by atoms with van der Waals surface area (Å²) in [6, 6.07) is 11.4. The summed E-state index contributed by atoms with van der Waals surface area (Å²) in [6.45, 7) is 4.06. The first-order valence-corrected chi connectivity index (χ1v) is 6.47. The third-order valence-corrected chi connectivity index (χ3v) is 3.20. The van der Waals surface area contributed by atoms with Crippen molar-refractivity contribution >= 4 is 23.0 Å². The number of nitrogen functional groups attached to an aromatic ring is 1. The molecule has 4 nitrogen and oxygen atoms in total. The SMILES string of the molecule is CNC(=O)c1ccc(N)c(Nc2cc(C)ccc2C)c1. The van der Waals surface area contributed by atoms with E-state index < -0.39 is 0 Å². The summed E-state index contributed by atoms with van der Waals surface area (Å²) >= 11 is 0. The van der Waals surface area contributed by atoms with Crippen molar-refractivity contribution in [2.75, 3.05) is 18.1 Å². The standard InChI is InChI=1S/C16H19N3O/c1-10-4-5-11(2)14(8-10)19-15-9-12(16(20)18-3)6-7-13(15)17/h4-9,19H,17H2,1-3H3,(H,18,20). The summed E-state index contributed by atoms with van der Waals surface area (Å²) in [4.78, 5) is 11.7. The van der Waals surface area contributed by atoms with Crippen LogP contribution < -0.4 is 16.4 Å². The molecule has 0 aliphatic carbocycles. The summed E-state index contributed by atoms with van der Waals surface area (Å²) in [5, 5.41) is 5.90. The monoisotopic (exact) mass is 269 g/mol. The second kappa shape index (κ2) is 5.65. The number of benzene rings is 2. The average Bonchev–Trinajstić information content (AvgIpc) is 2.44. The normalized spacial score (nSPS) is 10.2. The number of carbonyl (C=O) groups is 1. The number of amides is 1. The number of hydrogen-bond acceptors (Lipinski definition) is 3. The number of rotatable bonds is 3. The summed E-state index contributed by atoms with van der Waals surface area (Å²) < 4.78 is 0. The van der Waals surface area contributed by atoms with E-state index >= 15 is 0 Å². The molecule has 0 fully saturated rings. The molecule has 0 aromatic heterocycles. The molecular weight excluding hydrogens is 250 g/mol. The molecule has 2 aromatic rings. The average molecular weight is 269 g/mol. The first-order chi connectivity index (χ1) is 9.51. The molecule has 1 amide bonds. The van der Waals surface area contributed by atoms with Crippen molar-refractivity contribution in [1.29, 1.82) is 0 Å². The van der Waals surface area contributed by atoms with Crippen molar-refractivity contribution in [1.82, 2.24) is 5.32 Å². The summed E-state index contributed by atoms with van der Waals surface area (Å²) in [6.07, 6.45) is 0. The van der Waals surface area contributed by atoms with Gasteiger partial charge in [-0.1, -0.05) is 12.1 Å². The van der Waals surface area contributed by atoms with E-state index in [1.54, 1.807) is 25.2 Å². The molecule has 4 N–H and O–H groups in total. The third kappa shape index (κ3) is 2.91. The van der Waals surface area contributed by atoms with Gasteiger partial charge in [-0.2, -0.15) is 0 Å². The zero-order valence-electron chi connectivity index (χ0n) is 11.9. The van der Waals surface area contributed by atoms with Crippen LogP contribution in [0.1, 0.15) is 21.5 Å². The van der Waals surface area contributed by atoms with E-state index in [2.05, 4.69) is 28.8 Å². The van der Waals surface area contributed by atoms with Crippen molar-refractivity contribution in [3.8, 4) is 0 Å². The fraction of sp³-hybridized carbons (Fsp3) is 0.188. The Labute approximate surface area is 119 Å². The van der Waals surface area contributed by atoms with Crippen molar-refractivity contribution in [3.63, 3.8) is 0 Å². The van der Waals surface area contributed by atoms with Crippen LogP contribution in [-0.2, 0) is 0 Å². The van der Waals surface area contributed by atoms with Crippen LogP contribution in [0.2, 0.25) is 0 Å². The quantitative estimate of drug-likeness (QED) is 0.750. The highest BCUT2D eigenvalue weighted by Crippen LogP contribution is 2.27. The first kappa shape index (κ1) is 13.9. The van der Waals surface area contributed by atoms with Crippen molar-refractivity contribution in [2.24, 2.45) is 0 Å². The molecule has 0 aliphatic heterocycles. The van der Waals surface area contributed by atoms with Crippen LogP contribution in [0.5, 0.6) is 0 Å². The fourth-order valence-corrected chi connectivity index (χ4v) is 1.97. The number of nitrogens with two attached hydrogens (primary N) is 1. The Morgan fingerprint density at radius 1 is 1.05 bits per heavy atom. The van der Waals surface area contributed by atoms with Gasteiger partial charge in [0.25, 0.3) is 5.91 Å². The summed E-state index contributed by atoms with van der Waals surface area (Å²) in [5.41, 5.74) is 11.2. The topological polar surface area (TPSA) is 67.2 Å². The molecule has 0 unspecified atom stereocenters. The van der Waals surface area contributed by atoms with Gasteiger partial charge < -0.3 is 16.4 Å². The molecule has 20 heavy (non-hydrogen) atoms. The van der Waals surface area contributed by atoms with Gasteiger partial charge in [0.1, 0.15) is 0 Å². The highest BCUT2D eigenvalue weighted by Gasteiger charge is 2.08. The van der Waals surface area contributed by atoms with E-state index in [1.165, 1.54) is 5.56 Å². The van der Waals surface area contributed by atoms with Crippen LogP contribution in [-0.4, -0.2) is 13.0 Å². The molecule has 104 valence electrons. The number of carbonyl (C=O) groups excluding carboxylic acids is 1. The lowest BCUT2D eigenvalue weighted by Crippen LogP contribution is -2.18. The molecule has 2 aromatic carbocycles. The zero-order valence-corrected chi connectivity index (χ0v) is 11.9. The van der Waals surface area contributed by atoms with Crippen LogP contribution >= 0.6 is 0 Å². The molecule has 0 radical (unpaired) electrons. The van der Waals surface area contributed by atoms with Gasteiger partial charge in [-0.25, -0.2) is 0 Å². The van der Waals surface area contributed by atoms with Crippen molar-refractivity contribution < 1.29 is 4.79 Å². The van der Waals surface area contributed by atoms with Crippen LogP contribution in [0.4, 0.5) is 17.1 Å². The van der Waals surface area contributed by atoms with Gasteiger partial charge in [0, 0.05) is 18.3 Å². The maximum Gasteiger partial charge on any atom is 0.251 e. The smallest absolute Gasteiger partial charge is 0.251 e. The molecule has 0 atom stereocenters. The van der Waals surface area contributed by atoms with E-state index in [1.807, 2.05) is 13.8 Å². The van der Waals surface area contributed by atoms with Gasteiger partial charge in [-0.3, -0.25) is 4.79 Å². The van der Waals surface area contributed by atoms with E-state index in [-0.39, 0.29) is 5.91 Å². The Hall–Kier alpha value is -2.49. The first-order valence-electron chi connectivity index (χ1n) is 6.47. The molecule has 4 heteroatoms. The molecule has 2 rings (SSSR count). The molecule has 0 bridgehead atoms. The van der Waals surface area contributed by atoms with Crippen LogP contribution in [0, 0.1) is 13.8 Å². The van der Waals surface area contributed by atoms with E-state index in [0.29, 0.717) is 11.3 Å². The van der Waals surface area contributed by atoms with E-state index in [0.717, 1.165) is 16.9 Å². The second-order valence-electron chi connectivity index (χ2n) is 4.82. The lowest BCUT2D eigenvalue weighted by atomic mass is 10.1. The summed E-state index contributed by atoms with van der Waals surface area (Å²) in [5.74, 6) is -0.131. The molecule has 0 saturated carbocycles. The minimum atomic E-state index is -0.131. The summed E-state index contributed by atoms with van der Waals surface area (Å²) in [7, 11) is 1.61. The Morgan fingerprint density at radius 2 is 1.80 bits per heavy atom. The fourth-order valence-electron chi connectivity index (χ4n) is 1.97. The van der Waals surface area contributed by atoms with Gasteiger partial charge in [-0.15, -0.1) is 0 Å². The largest absolute Gasteiger partial charge is 0.397 e. The highest BCUT2D eigenvalue weighted by molar-refractivity contribution is 5.96. The minimum absolute atomic E-state index is 0.131. The zero-order chi connectivity index (χ0) is 14.7. The van der Waals surface area contributed by atoms with Gasteiger partial charge in [-0.05, 0) is 49.2 Å². The number of aryl methyl sites for hydroxylation is 2. The highest BCUT2D eigenvalue weighted by atomic mass is 16.1. The predicted octanol–water partition coefficient (Wildman–Crippen LogP) is 2.99. The number of nitrogens with one attached hydrogen (secondary N) is 2. The van der Waals surface area contributed by atoms with E-state index in [9.17, 15) is 4.79 Å². The van der Waals surface area contributed by atoms with Gasteiger partial charge in [0.15, 0.2) is 0 Å². The van der Waals surface area contributed by atoms with Gasteiger partial charge in [0.2, 0.25) is 0 Å². The minimum Gasteiger partial charge on any atom is -0.397 e. The second-order valence-corrected chi connectivity index (χ2v) is 4.82. The molecule has 0 heterocycles. The number of anilines is 3. The Morgan fingerprint density at radius 3 is 2.50 bits per heavy atom.